The maximum absolute atomic E-state index is 11.9. The van der Waals surface area contributed by atoms with Crippen LogP contribution in [-0.4, -0.2) is 41.5 Å². The van der Waals surface area contributed by atoms with Crippen LogP contribution in [0.5, 0.6) is 0 Å². The van der Waals surface area contributed by atoms with Crippen LogP contribution in [0.3, 0.4) is 0 Å². The Morgan fingerprint density at radius 2 is 2.20 bits per heavy atom. The van der Waals surface area contributed by atoms with Gasteiger partial charge in [-0.25, -0.2) is 0 Å². The summed E-state index contributed by atoms with van der Waals surface area (Å²) in [5, 5.41) is 9.44. The van der Waals surface area contributed by atoms with Crippen LogP contribution >= 0.6 is 0 Å². The number of hydrogen-bond acceptors (Lipinski definition) is 3. The van der Waals surface area contributed by atoms with Crippen molar-refractivity contribution in [3.05, 3.63) is 0 Å². The number of ketones is 1. The van der Waals surface area contributed by atoms with Crippen molar-refractivity contribution in [1.82, 2.24) is 4.90 Å². The molecule has 3 heteroatoms. The average Bonchev–Trinajstić information content (AvgIpc) is 2.86. The van der Waals surface area contributed by atoms with E-state index in [1.165, 1.54) is 6.42 Å². The Kier molecular flexibility index (Phi) is 2.33. The first-order chi connectivity index (χ1) is 7.24. The zero-order chi connectivity index (χ0) is 10.4. The lowest BCUT2D eigenvalue weighted by Gasteiger charge is -2.25. The lowest BCUT2D eigenvalue weighted by molar-refractivity contribution is -0.126. The summed E-state index contributed by atoms with van der Waals surface area (Å²) >= 11 is 0. The molecule has 84 valence electrons. The van der Waals surface area contributed by atoms with Crippen molar-refractivity contribution in [3.8, 4) is 0 Å². The van der Waals surface area contributed by atoms with Crippen molar-refractivity contribution in [1.29, 1.82) is 0 Å². The van der Waals surface area contributed by atoms with Gasteiger partial charge in [0.1, 0.15) is 5.78 Å². The van der Waals surface area contributed by atoms with Gasteiger partial charge in [0.05, 0.1) is 6.10 Å². The Morgan fingerprint density at radius 1 is 1.33 bits per heavy atom. The second-order valence-corrected chi connectivity index (χ2v) is 5.48. The fourth-order valence-corrected chi connectivity index (χ4v) is 3.67. The molecule has 0 aromatic heterocycles. The van der Waals surface area contributed by atoms with E-state index in [9.17, 15) is 9.90 Å². The van der Waals surface area contributed by atoms with Gasteiger partial charge >= 0.3 is 0 Å². The lowest BCUT2D eigenvalue weighted by atomic mass is 9.87. The summed E-state index contributed by atoms with van der Waals surface area (Å²) in [5.41, 5.74) is 0. The molecule has 3 aliphatic rings. The lowest BCUT2D eigenvalue weighted by Crippen LogP contribution is -2.35. The topological polar surface area (TPSA) is 40.5 Å². The highest BCUT2D eigenvalue weighted by Crippen LogP contribution is 2.46. The third-order valence-corrected chi connectivity index (χ3v) is 4.51. The number of carbonyl (C=O) groups is 1. The summed E-state index contributed by atoms with van der Waals surface area (Å²) in [6, 6.07) is 0. The molecule has 3 nitrogen and oxygen atoms in total. The molecular weight excluding hydrogens is 190 g/mol. The fourth-order valence-electron chi connectivity index (χ4n) is 3.67. The zero-order valence-electron chi connectivity index (χ0n) is 9.06. The Morgan fingerprint density at radius 3 is 2.80 bits per heavy atom. The number of aliphatic hydroxyl groups excluding tert-OH is 1. The van der Waals surface area contributed by atoms with E-state index in [2.05, 4.69) is 4.90 Å². The Hall–Kier alpha value is -0.410. The Bertz CT molecular complexity index is 279. The highest BCUT2D eigenvalue weighted by Gasteiger charge is 2.47. The molecule has 3 fully saturated rings. The summed E-state index contributed by atoms with van der Waals surface area (Å²) in [6.45, 7) is 2.67. The molecule has 1 aliphatic heterocycles. The minimum Gasteiger partial charge on any atom is -0.392 e. The molecule has 3 rings (SSSR count). The molecule has 4 unspecified atom stereocenters. The SMILES string of the molecule is O=C1C2CCC(C2)C1CN1CCC(O)C1. The highest BCUT2D eigenvalue weighted by molar-refractivity contribution is 5.87. The van der Waals surface area contributed by atoms with Gasteiger partial charge in [-0.1, -0.05) is 0 Å². The maximum Gasteiger partial charge on any atom is 0.140 e. The summed E-state index contributed by atoms with van der Waals surface area (Å²) in [4.78, 5) is 14.2. The van der Waals surface area contributed by atoms with Crippen molar-refractivity contribution in [2.45, 2.75) is 31.8 Å². The molecule has 0 aromatic carbocycles. The molecule has 0 amide bonds. The summed E-state index contributed by atoms with van der Waals surface area (Å²) in [7, 11) is 0. The van der Waals surface area contributed by atoms with Crippen LogP contribution in [-0.2, 0) is 4.79 Å². The molecule has 0 spiro atoms. The maximum atomic E-state index is 11.9. The van der Waals surface area contributed by atoms with Gasteiger partial charge in [0.2, 0.25) is 0 Å². The van der Waals surface area contributed by atoms with Crippen LogP contribution in [0.2, 0.25) is 0 Å². The Balaban J connectivity index is 1.62. The van der Waals surface area contributed by atoms with Crippen molar-refractivity contribution >= 4 is 5.78 Å². The van der Waals surface area contributed by atoms with Gasteiger partial charge in [-0.2, -0.15) is 0 Å². The van der Waals surface area contributed by atoms with Crippen LogP contribution in [0.1, 0.15) is 25.7 Å². The standard InChI is InChI=1S/C12H19NO2/c14-10-3-4-13(6-10)7-11-8-1-2-9(5-8)12(11)15/h8-11,14H,1-7H2. The summed E-state index contributed by atoms with van der Waals surface area (Å²) in [6.07, 6.45) is 4.29. The quantitative estimate of drug-likeness (QED) is 0.726. The summed E-state index contributed by atoms with van der Waals surface area (Å²) in [5.74, 6) is 1.88. The third-order valence-electron chi connectivity index (χ3n) is 4.51. The molecule has 0 radical (unpaired) electrons. The normalized spacial score (nSPS) is 45.5. The number of hydrogen-bond donors (Lipinski definition) is 1. The molecule has 0 aromatic rings. The molecule has 2 bridgehead atoms. The first kappa shape index (κ1) is 9.79. The largest absolute Gasteiger partial charge is 0.392 e. The molecule has 4 atom stereocenters. The predicted octanol–water partition coefficient (Wildman–Crippen LogP) is 0.668. The van der Waals surface area contributed by atoms with E-state index in [4.69, 9.17) is 0 Å². The van der Waals surface area contributed by atoms with Gasteiger partial charge < -0.3 is 5.11 Å². The number of Topliss-reactive ketones (excluding diaryl/α,β-unsaturated/α-hetero) is 1. The second kappa shape index (κ2) is 3.56. The molecule has 1 N–H and O–H groups in total. The van der Waals surface area contributed by atoms with Gasteiger partial charge in [0.25, 0.3) is 0 Å². The number of likely N-dealkylation sites (tertiary alicyclic amines) is 1. The first-order valence-corrected chi connectivity index (χ1v) is 6.18. The molecule has 15 heavy (non-hydrogen) atoms. The minimum absolute atomic E-state index is 0.154. The van der Waals surface area contributed by atoms with Gasteiger partial charge in [0.15, 0.2) is 0 Å². The first-order valence-electron chi connectivity index (χ1n) is 6.18. The molecule has 1 saturated heterocycles. The third kappa shape index (κ3) is 1.62. The van der Waals surface area contributed by atoms with E-state index in [-0.39, 0.29) is 6.10 Å². The number of β-amino-alcohol motifs (C(OH)–C–C–N with tert-alkyl or cyclic N) is 1. The van der Waals surface area contributed by atoms with Crippen LogP contribution in [0, 0.1) is 17.8 Å². The summed E-state index contributed by atoms with van der Waals surface area (Å²) < 4.78 is 0. The number of nitrogens with zero attached hydrogens (tertiary/aromatic N) is 1. The highest BCUT2D eigenvalue weighted by atomic mass is 16.3. The molecule has 2 aliphatic carbocycles. The van der Waals surface area contributed by atoms with Gasteiger partial charge in [-0.3, -0.25) is 9.69 Å². The smallest absolute Gasteiger partial charge is 0.140 e. The van der Waals surface area contributed by atoms with Gasteiger partial charge in [-0.05, 0) is 31.6 Å². The minimum atomic E-state index is -0.154. The van der Waals surface area contributed by atoms with Crippen molar-refractivity contribution < 1.29 is 9.90 Å². The van der Waals surface area contributed by atoms with E-state index >= 15 is 0 Å². The van der Waals surface area contributed by atoms with Crippen molar-refractivity contribution in [2.75, 3.05) is 19.6 Å². The van der Waals surface area contributed by atoms with Crippen molar-refractivity contribution in [2.24, 2.45) is 17.8 Å². The predicted molar refractivity (Wildman–Crippen MR) is 56.4 cm³/mol. The number of rotatable bonds is 2. The van der Waals surface area contributed by atoms with E-state index < -0.39 is 0 Å². The van der Waals surface area contributed by atoms with Crippen LogP contribution < -0.4 is 0 Å². The second-order valence-electron chi connectivity index (χ2n) is 5.48. The van der Waals surface area contributed by atoms with E-state index in [1.807, 2.05) is 0 Å². The van der Waals surface area contributed by atoms with Crippen LogP contribution in [0.25, 0.3) is 0 Å². The number of fused-ring (bicyclic) bond motifs is 2. The van der Waals surface area contributed by atoms with Crippen molar-refractivity contribution in [3.63, 3.8) is 0 Å². The van der Waals surface area contributed by atoms with E-state index in [0.29, 0.717) is 23.5 Å². The average molecular weight is 209 g/mol. The van der Waals surface area contributed by atoms with E-state index in [0.717, 1.165) is 38.9 Å². The van der Waals surface area contributed by atoms with Crippen LogP contribution in [0.4, 0.5) is 0 Å². The zero-order valence-corrected chi connectivity index (χ0v) is 9.06. The molecular formula is C12H19NO2. The molecule has 1 heterocycles. The van der Waals surface area contributed by atoms with Gasteiger partial charge in [0, 0.05) is 31.5 Å². The monoisotopic (exact) mass is 209 g/mol. The Labute approximate surface area is 90.5 Å². The number of carbonyl (C=O) groups excluding carboxylic acids is 1. The fraction of sp³-hybridized carbons (Fsp3) is 0.917. The molecule has 2 saturated carbocycles. The van der Waals surface area contributed by atoms with E-state index in [1.54, 1.807) is 0 Å². The van der Waals surface area contributed by atoms with Gasteiger partial charge in [-0.15, -0.1) is 0 Å². The number of aliphatic hydroxyl groups is 1. The van der Waals surface area contributed by atoms with Crippen LogP contribution in [0.15, 0.2) is 0 Å².